The Morgan fingerprint density at radius 3 is 2.62 bits per heavy atom. The third-order valence-corrected chi connectivity index (χ3v) is 1.99. The van der Waals surface area contributed by atoms with E-state index in [1.807, 2.05) is 0 Å². The molecule has 2 rings (SSSR count). The molecule has 0 atom stereocenters. The Morgan fingerprint density at radius 1 is 1.38 bits per heavy atom. The third kappa shape index (κ3) is 1.75. The molecule has 9 heteroatoms. The molecule has 0 aliphatic carbocycles. The topological polar surface area (TPSA) is 52.3 Å². The molecule has 2 heterocycles. The van der Waals surface area contributed by atoms with Gasteiger partial charge in [-0.05, 0) is 0 Å². The summed E-state index contributed by atoms with van der Waals surface area (Å²) in [7, 11) is 1.29. The number of halogens is 4. The molecule has 0 unspecified atom stereocenters. The molecule has 2 aromatic rings. The van der Waals surface area contributed by atoms with Crippen LogP contribution in [0.3, 0.4) is 0 Å². The zero-order chi connectivity index (χ0) is 11.9. The molecule has 0 bridgehead atoms. The lowest BCUT2D eigenvalue weighted by atomic mass is 10.4. The summed E-state index contributed by atoms with van der Waals surface area (Å²) in [6.45, 7) is 0. The molecule has 2 aromatic heterocycles. The molecule has 0 fully saturated rings. The highest BCUT2D eigenvalue weighted by atomic mass is 35.5. The summed E-state index contributed by atoms with van der Waals surface area (Å²) in [6.07, 6.45) is -4.58. The van der Waals surface area contributed by atoms with E-state index >= 15 is 0 Å². The van der Waals surface area contributed by atoms with Gasteiger partial charge in [-0.15, -0.1) is 5.10 Å². The number of hydrogen-bond acceptors (Lipinski definition) is 4. The van der Waals surface area contributed by atoms with Crippen LogP contribution in [0.2, 0.25) is 5.15 Å². The summed E-state index contributed by atoms with van der Waals surface area (Å²) in [6, 6.07) is 0.566. The summed E-state index contributed by atoms with van der Waals surface area (Å²) in [5.41, 5.74) is -1.12. The number of methoxy groups -OCH3 is 1. The Hall–Kier alpha value is -1.57. The van der Waals surface area contributed by atoms with E-state index < -0.39 is 11.9 Å². The minimum Gasteiger partial charge on any atom is -0.466 e. The van der Waals surface area contributed by atoms with Crippen LogP contribution >= 0.6 is 11.6 Å². The van der Waals surface area contributed by atoms with Crippen LogP contribution in [0.15, 0.2) is 6.07 Å². The fourth-order valence-corrected chi connectivity index (χ4v) is 1.26. The van der Waals surface area contributed by atoms with Gasteiger partial charge in [0.15, 0.2) is 5.69 Å². The van der Waals surface area contributed by atoms with E-state index in [2.05, 4.69) is 19.8 Å². The Balaban J connectivity index is 2.67. The minimum absolute atomic E-state index is 0.103. The van der Waals surface area contributed by atoms with Crippen LogP contribution in [0.1, 0.15) is 5.69 Å². The highest BCUT2D eigenvalue weighted by molar-refractivity contribution is 6.29. The van der Waals surface area contributed by atoms with Crippen LogP contribution in [0, 0.1) is 0 Å². The van der Waals surface area contributed by atoms with E-state index in [0.717, 1.165) is 4.52 Å². The average Bonchev–Trinajstić information content (AvgIpc) is 2.59. The summed E-state index contributed by atoms with van der Waals surface area (Å²) in [5, 5.41) is 3.43. The summed E-state index contributed by atoms with van der Waals surface area (Å²) in [5.74, 6) is -0.267. The maximum atomic E-state index is 12.4. The first-order valence-electron chi connectivity index (χ1n) is 3.96. The molecule has 0 saturated heterocycles. The predicted molar refractivity (Wildman–Crippen MR) is 47.3 cm³/mol. The Bertz CT molecular complexity index is 538. The zero-order valence-corrected chi connectivity index (χ0v) is 8.54. The van der Waals surface area contributed by atoms with Crippen LogP contribution in [0.4, 0.5) is 13.2 Å². The van der Waals surface area contributed by atoms with Crippen molar-refractivity contribution in [3.63, 3.8) is 0 Å². The van der Waals surface area contributed by atoms with Crippen LogP contribution in [-0.2, 0) is 6.18 Å². The van der Waals surface area contributed by atoms with Gasteiger partial charge in [0, 0.05) is 6.07 Å². The molecule has 16 heavy (non-hydrogen) atoms. The van der Waals surface area contributed by atoms with Gasteiger partial charge in [0.2, 0.25) is 0 Å². The van der Waals surface area contributed by atoms with Crippen LogP contribution in [-0.4, -0.2) is 26.7 Å². The molecule has 0 aliphatic heterocycles. The van der Waals surface area contributed by atoms with Crippen molar-refractivity contribution in [1.82, 2.24) is 19.6 Å². The van der Waals surface area contributed by atoms with Gasteiger partial charge >= 0.3 is 12.2 Å². The minimum atomic E-state index is -4.58. The maximum Gasteiger partial charge on any atom is 0.433 e. The standard InChI is InChI=1S/C7H4ClF3N4O/c1-16-6-13-5-12-3(7(9,10)11)2-4(8)15(5)14-6/h2H,1H3. The SMILES string of the molecule is COc1nc2nc(C(F)(F)F)cc(Cl)n2n1. The van der Waals surface area contributed by atoms with Gasteiger partial charge in [0.1, 0.15) is 5.15 Å². The third-order valence-electron chi connectivity index (χ3n) is 1.72. The second kappa shape index (κ2) is 3.48. The highest BCUT2D eigenvalue weighted by Crippen LogP contribution is 2.29. The summed E-state index contributed by atoms with van der Waals surface area (Å²) < 4.78 is 42.7. The maximum absolute atomic E-state index is 12.4. The van der Waals surface area contributed by atoms with E-state index in [4.69, 9.17) is 11.6 Å². The van der Waals surface area contributed by atoms with E-state index in [-0.39, 0.29) is 16.9 Å². The van der Waals surface area contributed by atoms with Gasteiger partial charge in [-0.2, -0.15) is 22.7 Å². The van der Waals surface area contributed by atoms with Crippen molar-refractivity contribution in [2.75, 3.05) is 7.11 Å². The first-order valence-corrected chi connectivity index (χ1v) is 4.34. The lowest BCUT2D eigenvalue weighted by molar-refractivity contribution is -0.141. The number of nitrogens with zero attached hydrogens (tertiary/aromatic N) is 4. The second-order valence-corrected chi connectivity index (χ2v) is 3.16. The number of ether oxygens (including phenoxy) is 1. The molecule has 0 saturated carbocycles. The molecule has 0 amide bonds. The Kier molecular flexibility index (Phi) is 2.38. The lowest BCUT2D eigenvalue weighted by Crippen LogP contribution is -2.10. The molecule has 0 radical (unpaired) electrons. The first-order chi connectivity index (χ1) is 7.41. The van der Waals surface area contributed by atoms with Gasteiger partial charge in [-0.3, -0.25) is 0 Å². The Morgan fingerprint density at radius 2 is 2.06 bits per heavy atom. The number of alkyl halides is 3. The van der Waals surface area contributed by atoms with E-state index in [1.54, 1.807) is 0 Å². The summed E-state index contributed by atoms with van der Waals surface area (Å²) >= 11 is 5.60. The van der Waals surface area contributed by atoms with Gasteiger partial charge in [-0.1, -0.05) is 11.6 Å². The Labute approximate surface area is 91.8 Å². The van der Waals surface area contributed by atoms with Crippen LogP contribution in [0.5, 0.6) is 6.01 Å². The number of rotatable bonds is 1. The average molecular weight is 253 g/mol. The summed E-state index contributed by atoms with van der Waals surface area (Å²) in [4.78, 5) is 6.88. The van der Waals surface area contributed by atoms with Crippen LogP contribution < -0.4 is 4.74 Å². The fraction of sp³-hybridized carbons (Fsp3) is 0.286. The van der Waals surface area contributed by atoms with Gasteiger partial charge in [0.05, 0.1) is 7.11 Å². The molecule has 0 aliphatic rings. The lowest BCUT2D eigenvalue weighted by Gasteiger charge is -2.05. The molecule has 5 nitrogen and oxygen atoms in total. The highest BCUT2D eigenvalue weighted by Gasteiger charge is 2.34. The van der Waals surface area contributed by atoms with Gasteiger partial charge in [0.25, 0.3) is 5.78 Å². The number of fused-ring (bicyclic) bond motifs is 1. The van der Waals surface area contributed by atoms with Gasteiger partial charge in [-0.25, -0.2) is 4.98 Å². The van der Waals surface area contributed by atoms with Crippen molar-refractivity contribution in [3.05, 3.63) is 16.9 Å². The van der Waals surface area contributed by atoms with Gasteiger partial charge < -0.3 is 4.74 Å². The first kappa shape index (κ1) is 10.9. The second-order valence-electron chi connectivity index (χ2n) is 2.77. The van der Waals surface area contributed by atoms with Crippen molar-refractivity contribution < 1.29 is 17.9 Å². The smallest absolute Gasteiger partial charge is 0.433 e. The molecule has 0 spiro atoms. The quantitative estimate of drug-likeness (QED) is 0.727. The molecular weight excluding hydrogens is 249 g/mol. The molecule has 86 valence electrons. The van der Waals surface area contributed by atoms with Crippen molar-refractivity contribution in [3.8, 4) is 6.01 Å². The van der Waals surface area contributed by atoms with E-state index in [1.165, 1.54) is 7.11 Å². The molecular formula is C7H4ClF3N4O. The van der Waals surface area contributed by atoms with E-state index in [0.29, 0.717) is 6.07 Å². The van der Waals surface area contributed by atoms with Crippen LogP contribution in [0.25, 0.3) is 5.78 Å². The van der Waals surface area contributed by atoms with E-state index in [9.17, 15) is 13.2 Å². The fourth-order valence-electron chi connectivity index (χ4n) is 1.05. The van der Waals surface area contributed by atoms with Crippen molar-refractivity contribution >= 4 is 17.4 Å². The largest absolute Gasteiger partial charge is 0.466 e. The monoisotopic (exact) mass is 252 g/mol. The number of aromatic nitrogens is 4. The molecule has 0 aromatic carbocycles. The predicted octanol–water partition coefficient (Wildman–Crippen LogP) is 1.81. The van der Waals surface area contributed by atoms with Crippen molar-refractivity contribution in [1.29, 1.82) is 0 Å². The van der Waals surface area contributed by atoms with Crippen molar-refractivity contribution in [2.24, 2.45) is 0 Å². The zero-order valence-electron chi connectivity index (χ0n) is 7.79. The number of hydrogen-bond donors (Lipinski definition) is 0. The molecule has 0 N–H and O–H groups in total. The van der Waals surface area contributed by atoms with Crippen molar-refractivity contribution in [2.45, 2.75) is 6.18 Å². The normalized spacial score (nSPS) is 12.1.